The van der Waals surface area contributed by atoms with Crippen LogP contribution in [0.15, 0.2) is 34.9 Å². The molecule has 0 N–H and O–H groups in total. The van der Waals surface area contributed by atoms with Gasteiger partial charge < -0.3 is 9.42 Å². The third-order valence-electron chi connectivity index (χ3n) is 7.76. The van der Waals surface area contributed by atoms with E-state index in [9.17, 15) is 4.79 Å². The molecule has 1 aromatic heterocycles. The van der Waals surface area contributed by atoms with Crippen molar-refractivity contribution in [1.29, 1.82) is 0 Å². The van der Waals surface area contributed by atoms with Gasteiger partial charge in [-0.2, -0.15) is 4.98 Å². The Kier molecular flexibility index (Phi) is 3.69. The summed E-state index contributed by atoms with van der Waals surface area (Å²) in [5, 5.41) is 4.19. The van der Waals surface area contributed by atoms with Crippen LogP contribution in [0.25, 0.3) is 11.4 Å². The molecule has 146 valence electrons. The molecular weight excluding hydrogens is 350 g/mol. The summed E-state index contributed by atoms with van der Waals surface area (Å²) in [6.45, 7) is 0.828. The minimum atomic E-state index is -0.0976. The van der Waals surface area contributed by atoms with Crippen LogP contribution in [0, 0.1) is 23.2 Å². The quantitative estimate of drug-likeness (QED) is 0.783. The third kappa shape index (κ3) is 2.55. The highest BCUT2D eigenvalue weighted by molar-refractivity contribution is 5.84. The number of nitrogens with zero attached hydrogens (tertiary/aromatic N) is 3. The van der Waals surface area contributed by atoms with Crippen molar-refractivity contribution in [3.8, 4) is 11.4 Å². The summed E-state index contributed by atoms with van der Waals surface area (Å²) in [6.07, 6.45) is 9.36. The lowest BCUT2D eigenvalue weighted by atomic mass is 9.49. The summed E-state index contributed by atoms with van der Waals surface area (Å²) in [5.74, 6) is 3.95. The number of carbonyl (C=O) groups excluding carboxylic acids is 1. The molecule has 4 aliphatic carbocycles. The second-order valence-electron chi connectivity index (χ2n) is 9.68. The predicted molar refractivity (Wildman–Crippen MR) is 104 cm³/mol. The van der Waals surface area contributed by atoms with Crippen LogP contribution in [0.3, 0.4) is 0 Å². The average molecular weight is 377 g/mol. The Hall–Kier alpha value is -2.17. The van der Waals surface area contributed by atoms with Gasteiger partial charge in [-0.15, -0.1) is 0 Å². The maximum Gasteiger partial charge on any atom is 0.249 e. The number of rotatable bonds is 3. The molecule has 7 rings (SSSR count). The van der Waals surface area contributed by atoms with E-state index in [2.05, 4.69) is 15.0 Å². The molecule has 1 aromatic carbocycles. The zero-order valence-electron chi connectivity index (χ0n) is 16.2. The van der Waals surface area contributed by atoms with Crippen LogP contribution in [0.2, 0.25) is 0 Å². The van der Waals surface area contributed by atoms with E-state index in [4.69, 9.17) is 4.52 Å². The molecule has 4 bridgehead atoms. The van der Waals surface area contributed by atoms with E-state index in [0.717, 1.165) is 62.0 Å². The number of hydrogen-bond acceptors (Lipinski definition) is 4. The van der Waals surface area contributed by atoms with Crippen LogP contribution < -0.4 is 0 Å². The molecule has 5 nitrogen and oxygen atoms in total. The summed E-state index contributed by atoms with van der Waals surface area (Å²) >= 11 is 0. The molecule has 5 fully saturated rings. The van der Waals surface area contributed by atoms with E-state index in [0.29, 0.717) is 17.6 Å². The monoisotopic (exact) mass is 377 g/mol. The van der Waals surface area contributed by atoms with E-state index >= 15 is 0 Å². The van der Waals surface area contributed by atoms with E-state index in [1.165, 1.54) is 19.3 Å². The molecule has 0 radical (unpaired) electrons. The van der Waals surface area contributed by atoms with Crippen molar-refractivity contribution in [3.63, 3.8) is 0 Å². The van der Waals surface area contributed by atoms with Gasteiger partial charge in [0.25, 0.3) is 0 Å². The highest BCUT2D eigenvalue weighted by atomic mass is 16.5. The van der Waals surface area contributed by atoms with Gasteiger partial charge in [-0.25, -0.2) is 0 Å². The number of likely N-dealkylation sites (tertiary alicyclic amines) is 1. The van der Waals surface area contributed by atoms with Gasteiger partial charge in [-0.05, 0) is 69.1 Å². The standard InChI is InChI=1S/C23H27N3O2/c27-22(23-12-15-9-16(13-23)11-17(10-15)14-23)26-8-4-7-19(26)21-24-20(25-28-21)18-5-2-1-3-6-18/h1-3,5-6,15-17,19H,4,7-14H2/t15?,16?,17?,19-,23?/m1/s1. The smallest absolute Gasteiger partial charge is 0.249 e. The SMILES string of the molecule is O=C(N1CCC[C@@H]1c1nc(-c2ccccc2)no1)C12CC3CC(CC(C3)C1)C2. The van der Waals surface area contributed by atoms with E-state index in [1.807, 2.05) is 30.3 Å². The summed E-state index contributed by atoms with van der Waals surface area (Å²) in [7, 11) is 0. The van der Waals surface area contributed by atoms with Crippen molar-refractivity contribution in [3.05, 3.63) is 36.2 Å². The lowest BCUT2D eigenvalue weighted by Gasteiger charge is -2.56. The predicted octanol–water partition coefficient (Wildman–Crippen LogP) is 4.62. The number of hydrogen-bond donors (Lipinski definition) is 0. The lowest BCUT2D eigenvalue weighted by molar-refractivity contribution is -0.159. The fourth-order valence-corrected chi connectivity index (χ4v) is 7.02. The topological polar surface area (TPSA) is 59.2 Å². The molecule has 0 spiro atoms. The molecule has 5 heteroatoms. The molecule has 2 heterocycles. The minimum Gasteiger partial charge on any atom is -0.337 e. The lowest BCUT2D eigenvalue weighted by Crippen LogP contribution is -2.54. The van der Waals surface area contributed by atoms with Gasteiger partial charge in [-0.3, -0.25) is 4.79 Å². The van der Waals surface area contributed by atoms with Gasteiger partial charge in [0.2, 0.25) is 17.6 Å². The van der Waals surface area contributed by atoms with Gasteiger partial charge in [0.05, 0.1) is 5.41 Å². The summed E-state index contributed by atoms with van der Waals surface area (Å²) < 4.78 is 5.65. The summed E-state index contributed by atoms with van der Waals surface area (Å²) in [5.41, 5.74) is 0.856. The molecular formula is C23H27N3O2. The van der Waals surface area contributed by atoms with Crippen LogP contribution in [-0.2, 0) is 4.79 Å². The molecule has 1 saturated heterocycles. The number of carbonyl (C=O) groups is 1. The van der Waals surface area contributed by atoms with Crippen molar-refractivity contribution in [2.24, 2.45) is 23.2 Å². The Morgan fingerprint density at radius 2 is 1.71 bits per heavy atom. The zero-order valence-corrected chi connectivity index (χ0v) is 16.2. The van der Waals surface area contributed by atoms with Crippen molar-refractivity contribution < 1.29 is 9.32 Å². The van der Waals surface area contributed by atoms with E-state index < -0.39 is 0 Å². The molecule has 0 unspecified atom stereocenters. The Morgan fingerprint density at radius 3 is 2.39 bits per heavy atom. The molecule has 1 amide bonds. The van der Waals surface area contributed by atoms with Crippen molar-refractivity contribution in [1.82, 2.24) is 15.0 Å². The van der Waals surface area contributed by atoms with Crippen LogP contribution in [0.1, 0.15) is 63.3 Å². The Morgan fingerprint density at radius 1 is 1.04 bits per heavy atom. The average Bonchev–Trinajstić information content (AvgIpc) is 3.36. The number of aromatic nitrogens is 2. The number of benzene rings is 1. The van der Waals surface area contributed by atoms with Crippen LogP contribution in [0.4, 0.5) is 0 Å². The highest BCUT2D eigenvalue weighted by Gasteiger charge is 2.56. The maximum atomic E-state index is 13.8. The van der Waals surface area contributed by atoms with Crippen LogP contribution in [-0.4, -0.2) is 27.5 Å². The zero-order chi connectivity index (χ0) is 18.7. The summed E-state index contributed by atoms with van der Waals surface area (Å²) in [4.78, 5) is 20.6. The van der Waals surface area contributed by atoms with E-state index in [-0.39, 0.29) is 11.5 Å². The maximum absolute atomic E-state index is 13.8. The highest BCUT2D eigenvalue weighted by Crippen LogP contribution is 2.61. The van der Waals surface area contributed by atoms with Crippen molar-refractivity contribution in [2.75, 3.05) is 6.54 Å². The van der Waals surface area contributed by atoms with Gasteiger partial charge in [0, 0.05) is 12.1 Å². The summed E-state index contributed by atoms with van der Waals surface area (Å²) in [6, 6.07) is 9.86. The molecule has 1 atom stereocenters. The number of amides is 1. The van der Waals surface area contributed by atoms with Gasteiger partial charge in [0.1, 0.15) is 6.04 Å². The minimum absolute atomic E-state index is 0.0505. The normalized spacial score (nSPS) is 36.2. The van der Waals surface area contributed by atoms with Crippen LogP contribution >= 0.6 is 0 Å². The fraction of sp³-hybridized carbons (Fsp3) is 0.609. The van der Waals surface area contributed by atoms with Gasteiger partial charge >= 0.3 is 0 Å². The molecule has 2 aromatic rings. The molecule has 4 saturated carbocycles. The van der Waals surface area contributed by atoms with Crippen LogP contribution in [0.5, 0.6) is 0 Å². The first-order valence-electron chi connectivity index (χ1n) is 10.9. The second kappa shape index (κ2) is 6.16. The molecule has 1 aliphatic heterocycles. The second-order valence-corrected chi connectivity index (χ2v) is 9.68. The Labute approximate surface area is 165 Å². The first-order valence-corrected chi connectivity index (χ1v) is 10.9. The van der Waals surface area contributed by atoms with Gasteiger partial charge in [0.15, 0.2) is 0 Å². The Bertz CT molecular complexity index is 855. The van der Waals surface area contributed by atoms with E-state index in [1.54, 1.807) is 0 Å². The van der Waals surface area contributed by atoms with Crippen molar-refractivity contribution >= 4 is 5.91 Å². The Balaban J connectivity index is 1.27. The third-order valence-corrected chi connectivity index (χ3v) is 7.76. The fourth-order valence-electron chi connectivity index (χ4n) is 7.02. The molecule has 28 heavy (non-hydrogen) atoms. The van der Waals surface area contributed by atoms with Gasteiger partial charge in [-0.1, -0.05) is 35.5 Å². The largest absolute Gasteiger partial charge is 0.337 e. The first kappa shape index (κ1) is 16.8. The molecule has 5 aliphatic rings. The van der Waals surface area contributed by atoms with Crippen molar-refractivity contribution in [2.45, 2.75) is 57.4 Å². The first-order chi connectivity index (χ1) is 13.7.